The van der Waals surface area contributed by atoms with Crippen LogP contribution in [0.4, 0.5) is 5.95 Å². The molecule has 0 radical (unpaired) electrons. The number of rotatable bonds is 3. The molecule has 0 amide bonds. The van der Waals surface area contributed by atoms with Gasteiger partial charge in [0.15, 0.2) is 5.65 Å². The summed E-state index contributed by atoms with van der Waals surface area (Å²) in [5.74, 6) is 0.518. The normalized spacial score (nSPS) is 18.8. The van der Waals surface area contributed by atoms with Crippen LogP contribution in [-0.2, 0) is 6.42 Å². The van der Waals surface area contributed by atoms with Crippen LogP contribution in [0.1, 0.15) is 41.3 Å². The zero-order valence-corrected chi connectivity index (χ0v) is 20.3. The number of hydrogen-bond donors (Lipinski definition) is 3. The second-order valence-corrected chi connectivity index (χ2v) is 10.2. The summed E-state index contributed by atoms with van der Waals surface area (Å²) < 4.78 is 0. The van der Waals surface area contributed by atoms with Gasteiger partial charge in [-0.2, -0.15) is 10.1 Å². The highest BCUT2D eigenvalue weighted by molar-refractivity contribution is 6.33. The van der Waals surface area contributed by atoms with Crippen molar-refractivity contribution in [1.29, 1.82) is 0 Å². The molecule has 4 heterocycles. The van der Waals surface area contributed by atoms with Gasteiger partial charge in [-0.25, -0.2) is 4.98 Å². The Morgan fingerprint density at radius 3 is 2.77 bits per heavy atom. The Labute approximate surface area is 211 Å². The van der Waals surface area contributed by atoms with Crippen molar-refractivity contribution in [3.05, 3.63) is 86.0 Å². The summed E-state index contributed by atoms with van der Waals surface area (Å²) in [4.78, 5) is 26.9. The number of aromatic amines is 2. The molecule has 0 saturated carbocycles. The Balaban J connectivity index is 1.27. The minimum absolute atomic E-state index is 0.0318. The van der Waals surface area contributed by atoms with E-state index in [-0.39, 0.29) is 22.2 Å². The van der Waals surface area contributed by atoms with E-state index in [1.807, 2.05) is 0 Å². The number of nitrogens with one attached hydrogen (secondary N) is 2. The van der Waals surface area contributed by atoms with Gasteiger partial charge in [-0.1, -0.05) is 54.0 Å². The van der Waals surface area contributed by atoms with Crippen LogP contribution in [0, 0.1) is 5.41 Å². The van der Waals surface area contributed by atoms with E-state index >= 15 is 0 Å². The Bertz CT molecular complexity index is 1530. The molecule has 178 valence electrons. The number of benzene rings is 1. The van der Waals surface area contributed by atoms with Gasteiger partial charge in [0, 0.05) is 36.5 Å². The van der Waals surface area contributed by atoms with E-state index in [1.54, 1.807) is 6.07 Å². The van der Waals surface area contributed by atoms with E-state index in [4.69, 9.17) is 28.9 Å². The molecule has 8 nitrogen and oxygen atoms in total. The zero-order chi connectivity index (χ0) is 24.3. The topological polar surface area (TPSA) is 117 Å². The molecular formula is C25H23Cl2N7O. The summed E-state index contributed by atoms with van der Waals surface area (Å²) in [5, 5.41) is 8.14. The first kappa shape index (κ1) is 22.3. The van der Waals surface area contributed by atoms with Crippen LogP contribution in [0.15, 0.2) is 47.9 Å². The molecular weight excluding hydrogens is 485 g/mol. The fraction of sp³-hybridized carbons (Fsp3) is 0.280. The molecule has 35 heavy (non-hydrogen) atoms. The van der Waals surface area contributed by atoms with Gasteiger partial charge in [0.1, 0.15) is 16.2 Å². The average molecular weight is 508 g/mol. The van der Waals surface area contributed by atoms with Crippen molar-refractivity contribution in [2.75, 3.05) is 18.0 Å². The van der Waals surface area contributed by atoms with Crippen molar-refractivity contribution < 1.29 is 0 Å². The molecule has 6 rings (SSSR count). The number of nitrogens with two attached hydrogens (primary N) is 1. The molecule has 2 aliphatic rings. The van der Waals surface area contributed by atoms with Crippen molar-refractivity contribution in [2.24, 2.45) is 11.1 Å². The second-order valence-electron chi connectivity index (χ2n) is 9.36. The standard InChI is InChI=1S/C25H23Cl2N7O/c1-13(17-10-15(26)12-29-21(17)27)19-18-22(33-32-19)30-24(31-23(18)35)34-8-6-25(7-9-34)11-14-4-2-3-5-16(14)20(25)28/h2-5,10,12,20H,1,6-9,11,28H2,(H2,30,31,32,33,35)/t20-/m1/s1. The first-order chi connectivity index (χ1) is 16.9. The van der Waals surface area contributed by atoms with E-state index in [2.05, 4.69) is 60.9 Å². The largest absolute Gasteiger partial charge is 0.342 e. The third kappa shape index (κ3) is 3.55. The summed E-state index contributed by atoms with van der Waals surface area (Å²) in [6, 6.07) is 10.1. The Kier molecular flexibility index (Phi) is 5.21. The second kappa shape index (κ2) is 8.19. The molecule has 0 bridgehead atoms. The number of fused-ring (bicyclic) bond motifs is 2. The predicted octanol–water partition coefficient (Wildman–Crippen LogP) is 4.25. The summed E-state index contributed by atoms with van der Waals surface area (Å²) in [6.07, 6.45) is 4.30. The SMILES string of the molecule is C=C(c1cc(Cl)cnc1Cl)c1n[nH]c2nc(N3CCC4(CC3)Cc3ccccc3[C@H]4N)[nH]c(=O)c12. The molecule has 1 aliphatic carbocycles. The minimum atomic E-state index is -0.300. The van der Waals surface area contributed by atoms with E-state index in [1.165, 1.54) is 17.3 Å². The van der Waals surface area contributed by atoms with E-state index < -0.39 is 0 Å². The molecule has 0 unspecified atom stereocenters. The number of H-pyrrole nitrogens is 2. The van der Waals surface area contributed by atoms with E-state index in [9.17, 15) is 4.79 Å². The molecule has 1 atom stereocenters. The first-order valence-corrected chi connectivity index (χ1v) is 12.2. The molecule has 1 aromatic carbocycles. The Hall–Kier alpha value is -3.20. The molecule has 1 spiro atoms. The van der Waals surface area contributed by atoms with Crippen LogP contribution in [0.5, 0.6) is 0 Å². The highest BCUT2D eigenvalue weighted by Gasteiger charge is 2.46. The lowest BCUT2D eigenvalue weighted by atomic mass is 9.73. The third-order valence-electron chi connectivity index (χ3n) is 7.49. The molecule has 4 N–H and O–H groups in total. The minimum Gasteiger partial charge on any atom is -0.342 e. The molecule has 10 heteroatoms. The Morgan fingerprint density at radius 2 is 2.00 bits per heavy atom. The van der Waals surface area contributed by atoms with Crippen molar-refractivity contribution in [3.8, 4) is 0 Å². The van der Waals surface area contributed by atoms with Gasteiger partial charge in [-0.3, -0.25) is 14.9 Å². The van der Waals surface area contributed by atoms with Crippen molar-refractivity contribution in [3.63, 3.8) is 0 Å². The summed E-state index contributed by atoms with van der Waals surface area (Å²) >= 11 is 12.3. The third-order valence-corrected chi connectivity index (χ3v) is 7.99. The maximum Gasteiger partial charge on any atom is 0.264 e. The van der Waals surface area contributed by atoms with Crippen molar-refractivity contribution >= 4 is 45.8 Å². The van der Waals surface area contributed by atoms with E-state index in [0.717, 1.165) is 32.4 Å². The number of anilines is 1. The zero-order valence-electron chi connectivity index (χ0n) is 18.8. The summed E-state index contributed by atoms with van der Waals surface area (Å²) in [7, 11) is 0. The highest BCUT2D eigenvalue weighted by Crippen LogP contribution is 2.50. The van der Waals surface area contributed by atoms with Crippen LogP contribution in [-0.4, -0.2) is 38.2 Å². The van der Waals surface area contributed by atoms with E-state index in [0.29, 0.717) is 38.8 Å². The lowest BCUT2D eigenvalue weighted by molar-refractivity contribution is 0.187. The first-order valence-electron chi connectivity index (χ1n) is 11.4. The average Bonchev–Trinajstić information content (AvgIpc) is 3.41. The maximum absolute atomic E-state index is 13.1. The number of aromatic nitrogens is 5. The Morgan fingerprint density at radius 1 is 1.23 bits per heavy atom. The number of piperidine rings is 1. The van der Waals surface area contributed by atoms with Crippen LogP contribution < -0.4 is 16.2 Å². The number of halogens is 2. The van der Waals surface area contributed by atoms with Gasteiger partial charge in [0.25, 0.3) is 5.56 Å². The van der Waals surface area contributed by atoms with Gasteiger partial charge in [-0.15, -0.1) is 0 Å². The number of nitrogens with zero attached hydrogens (tertiary/aromatic N) is 4. The lowest BCUT2D eigenvalue weighted by Gasteiger charge is -2.42. The molecule has 1 aliphatic heterocycles. The van der Waals surface area contributed by atoms with Crippen LogP contribution in [0.3, 0.4) is 0 Å². The van der Waals surface area contributed by atoms with Gasteiger partial charge in [0.2, 0.25) is 5.95 Å². The fourth-order valence-electron chi connectivity index (χ4n) is 5.53. The number of pyridine rings is 1. The van der Waals surface area contributed by atoms with Gasteiger partial charge >= 0.3 is 0 Å². The smallest absolute Gasteiger partial charge is 0.264 e. The maximum atomic E-state index is 13.1. The van der Waals surface area contributed by atoms with Crippen molar-refractivity contribution in [2.45, 2.75) is 25.3 Å². The molecule has 1 fully saturated rings. The van der Waals surface area contributed by atoms with Crippen LogP contribution in [0.25, 0.3) is 16.6 Å². The number of hydrogen-bond acceptors (Lipinski definition) is 6. The van der Waals surface area contributed by atoms with Gasteiger partial charge < -0.3 is 10.6 Å². The highest BCUT2D eigenvalue weighted by atomic mass is 35.5. The van der Waals surface area contributed by atoms with Crippen LogP contribution in [0.2, 0.25) is 10.2 Å². The summed E-state index contributed by atoms with van der Waals surface area (Å²) in [5.41, 5.74) is 10.7. The molecule has 1 saturated heterocycles. The van der Waals surface area contributed by atoms with Gasteiger partial charge in [0.05, 0.1) is 5.02 Å². The summed E-state index contributed by atoms with van der Waals surface area (Å²) in [6.45, 7) is 5.58. The molecule has 3 aromatic heterocycles. The van der Waals surface area contributed by atoms with Crippen LogP contribution >= 0.6 is 23.2 Å². The lowest BCUT2D eigenvalue weighted by Crippen LogP contribution is -2.45. The molecule has 4 aromatic rings. The van der Waals surface area contributed by atoms with Crippen molar-refractivity contribution in [1.82, 2.24) is 25.1 Å². The fourth-order valence-corrected chi connectivity index (χ4v) is 5.90. The predicted molar refractivity (Wildman–Crippen MR) is 138 cm³/mol. The quantitative estimate of drug-likeness (QED) is 0.357. The monoisotopic (exact) mass is 507 g/mol. The van der Waals surface area contributed by atoms with Gasteiger partial charge in [-0.05, 0) is 41.9 Å².